The predicted molar refractivity (Wildman–Crippen MR) is 67.2 cm³/mol. The van der Waals surface area contributed by atoms with Gasteiger partial charge in [0.25, 0.3) is 0 Å². The average Bonchev–Trinajstić information content (AvgIpc) is 2.66. The Kier molecular flexibility index (Phi) is 3.41. The summed E-state index contributed by atoms with van der Waals surface area (Å²) in [7, 11) is 1.73. The van der Waals surface area contributed by atoms with Gasteiger partial charge in [0, 0.05) is 27.1 Å². The highest BCUT2D eigenvalue weighted by Gasteiger charge is 2.32. The predicted octanol–water partition coefficient (Wildman–Crippen LogP) is 0.938. The maximum absolute atomic E-state index is 11.0. The van der Waals surface area contributed by atoms with Crippen molar-refractivity contribution in [1.29, 1.82) is 0 Å². The fourth-order valence-corrected chi connectivity index (χ4v) is 2.40. The van der Waals surface area contributed by atoms with E-state index in [2.05, 4.69) is 4.98 Å². The molecule has 1 aromatic rings. The van der Waals surface area contributed by atoms with Gasteiger partial charge in [-0.1, -0.05) is 0 Å². The van der Waals surface area contributed by atoms with Crippen molar-refractivity contribution in [3.05, 3.63) is 15.9 Å². The van der Waals surface area contributed by atoms with Gasteiger partial charge in [-0.05, 0) is 22.7 Å². The number of carboxylic acid groups (broad SMARTS) is 1. The topological polar surface area (TPSA) is 102 Å². The van der Waals surface area contributed by atoms with Crippen molar-refractivity contribution in [2.45, 2.75) is 19.8 Å². The number of anilines is 1. The van der Waals surface area contributed by atoms with Gasteiger partial charge in [-0.3, -0.25) is 9.36 Å². The molecule has 0 unspecified atom stereocenters. The van der Waals surface area contributed by atoms with Crippen LogP contribution in [0.4, 0.5) is 11.6 Å². The molecule has 1 aromatic heterocycles. The van der Waals surface area contributed by atoms with Crippen LogP contribution < -0.4 is 4.90 Å². The Balaban J connectivity index is 2.24. The van der Waals surface area contributed by atoms with Crippen LogP contribution in [0.1, 0.15) is 18.7 Å². The minimum absolute atomic E-state index is 0.159. The van der Waals surface area contributed by atoms with E-state index in [9.17, 15) is 14.9 Å². The number of imidazole rings is 1. The number of hydrogen-bond acceptors (Lipinski definition) is 5. The summed E-state index contributed by atoms with van der Waals surface area (Å²) in [5.74, 6) is -0.276. The molecule has 104 valence electrons. The van der Waals surface area contributed by atoms with E-state index in [1.807, 2.05) is 4.90 Å². The van der Waals surface area contributed by atoms with Gasteiger partial charge >= 0.3 is 11.8 Å². The Bertz CT molecular complexity index is 517. The number of aromatic nitrogens is 2. The highest BCUT2D eigenvalue weighted by Crippen LogP contribution is 2.31. The number of nitro groups is 1. The van der Waals surface area contributed by atoms with Crippen molar-refractivity contribution in [1.82, 2.24) is 9.55 Å². The molecular weight excluding hydrogens is 252 g/mol. The molecule has 1 fully saturated rings. The first-order valence-electron chi connectivity index (χ1n) is 6.07. The second-order valence-electron chi connectivity index (χ2n) is 4.72. The largest absolute Gasteiger partial charge is 0.481 e. The monoisotopic (exact) mass is 268 g/mol. The third kappa shape index (κ3) is 2.38. The molecule has 8 nitrogen and oxygen atoms in total. The molecule has 1 aliphatic heterocycles. The SMILES string of the molecule is Cc1nc([N+](=O)[O-])c(N2CCC(C(=O)O)CC2)n1C. The van der Waals surface area contributed by atoms with Crippen LogP contribution in [0, 0.1) is 23.0 Å². The van der Waals surface area contributed by atoms with Gasteiger partial charge in [-0.2, -0.15) is 0 Å². The summed E-state index contributed by atoms with van der Waals surface area (Å²) in [6.45, 7) is 2.70. The quantitative estimate of drug-likeness (QED) is 0.646. The second kappa shape index (κ2) is 4.87. The molecule has 0 saturated carbocycles. The van der Waals surface area contributed by atoms with Gasteiger partial charge in [0.05, 0.1) is 5.92 Å². The van der Waals surface area contributed by atoms with Crippen molar-refractivity contribution >= 4 is 17.6 Å². The van der Waals surface area contributed by atoms with Crippen molar-refractivity contribution in [2.24, 2.45) is 13.0 Å². The van der Waals surface area contributed by atoms with Gasteiger partial charge in [-0.15, -0.1) is 0 Å². The molecule has 0 atom stereocenters. The minimum Gasteiger partial charge on any atom is -0.481 e. The Morgan fingerprint density at radius 2 is 2.05 bits per heavy atom. The number of hydrogen-bond donors (Lipinski definition) is 1. The Morgan fingerprint density at radius 1 is 1.47 bits per heavy atom. The molecule has 2 heterocycles. The van der Waals surface area contributed by atoms with Crippen molar-refractivity contribution in [3.63, 3.8) is 0 Å². The zero-order valence-electron chi connectivity index (χ0n) is 10.9. The molecule has 19 heavy (non-hydrogen) atoms. The molecule has 8 heteroatoms. The van der Waals surface area contributed by atoms with E-state index < -0.39 is 10.9 Å². The number of carboxylic acids is 1. The Hall–Kier alpha value is -2.12. The van der Waals surface area contributed by atoms with Gasteiger partial charge in [0.1, 0.15) is 0 Å². The number of aryl methyl sites for hydroxylation is 1. The van der Waals surface area contributed by atoms with Crippen molar-refractivity contribution in [2.75, 3.05) is 18.0 Å². The summed E-state index contributed by atoms with van der Waals surface area (Å²) < 4.78 is 1.68. The smallest absolute Gasteiger partial charge is 0.406 e. The summed E-state index contributed by atoms with van der Waals surface area (Å²) in [6.07, 6.45) is 0.993. The molecule has 1 N–H and O–H groups in total. The van der Waals surface area contributed by atoms with Gasteiger partial charge in [0.2, 0.25) is 11.6 Å². The normalized spacial score (nSPS) is 16.6. The number of piperidine rings is 1. The standard InChI is InChI=1S/C11H16N4O4/c1-7-12-9(15(18)19)10(13(7)2)14-5-3-8(4-6-14)11(16)17/h8H,3-6H2,1-2H3,(H,16,17). The average molecular weight is 268 g/mol. The zero-order valence-corrected chi connectivity index (χ0v) is 10.9. The first-order chi connectivity index (χ1) is 8.91. The fraction of sp³-hybridized carbons (Fsp3) is 0.636. The van der Waals surface area contributed by atoms with Crippen molar-refractivity contribution in [3.8, 4) is 0 Å². The Morgan fingerprint density at radius 3 is 2.53 bits per heavy atom. The van der Waals surface area contributed by atoms with E-state index in [0.29, 0.717) is 37.6 Å². The first-order valence-corrected chi connectivity index (χ1v) is 6.07. The number of nitrogens with zero attached hydrogens (tertiary/aromatic N) is 4. The van der Waals surface area contributed by atoms with E-state index in [-0.39, 0.29) is 11.7 Å². The highest BCUT2D eigenvalue weighted by molar-refractivity contribution is 5.70. The summed E-state index contributed by atoms with van der Waals surface area (Å²) in [5.41, 5.74) is 0. The lowest BCUT2D eigenvalue weighted by Gasteiger charge is -2.30. The van der Waals surface area contributed by atoms with Crippen LogP contribution in [0.3, 0.4) is 0 Å². The van der Waals surface area contributed by atoms with Crippen LogP contribution in [-0.2, 0) is 11.8 Å². The Labute approximate surface area is 109 Å². The van der Waals surface area contributed by atoms with E-state index in [1.54, 1.807) is 18.5 Å². The molecule has 1 saturated heterocycles. The molecule has 1 aliphatic rings. The molecule has 0 radical (unpaired) electrons. The van der Waals surface area contributed by atoms with E-state index in [4.69, 9.17) is 5.11 Å². The fourth-order valence-electron chi connectivity index (χ4n) is 2.40. The van der Waals surface area contributed by atoms with Crippen LogP contribution in [0.25, 0.3) is 0 Å². The summed E-state index contributed by atoms with van der Waals surface area (Å²) >= 11 is 0. The summed E-state index contributed by atoms with van der Waals surface area (Å²) in [5, 5.41) is 20.0. The molecular formula is C11H16N4O4. The maximum Gasteiger partial charge on any atom is 0.406 e. The van der Waals surface area contributed by atoms with Gasteiger partial charge in [-0.25, -0.2) is 0 Å². The summed E-state index contributed by atoms with van der Waals surface area (Å²) in [4.78, 5) is 27.2. The van der Waals surface area contributed by atoms with Crippen LogP contribution in [0.5, 0.6) is 0 Å². The lowest BCUT2D eigenvalue weighted by molar-refractivity contribution is -0.388. The van der Waals surface area contributed by atoms with Gasteiger partial charge in [0.15, 0.2) is 0 Å². The first kappa shape index (κ1) is 13.3. The molecule has 0 amide bonds. The number of aliphatic carboxylic acids is 1. The molecule has 0 bridgehead atoms. The van der Waals surface area contributed by atoms with E-state index in [0.717, 1.165) is 0 Å². The third-order valence-corrected chi connectivity index (χ3v) is 3.59. The van der Waals surface area contributed by atoms with Crippen LogP contribution in [-0.4, -0.2) is 38.6 Å². The van der Waals surface area contributed by atoms with Crippen molar-refractivity contribution < 1.29 is 14.8 Å². The summed E-state index contributed by atoms with van der Waals surface area (Å²) in [6, 6.07) is 0. The lowest BCUT2D eigenvalue weighted by atomic mass is 9.97. The molecule has 0 aromatic carbocycles. The van der Waals surface area contributed by atoms with E-state index in [1.165, 1.54) is 0 Å². The number of carbonyl (C=O) groups is 1. The highest BCUT2D eigenvalue weighted by atomic mass is 16.6. The van der Waals surface area contributed by atoms with Crippen LogP contribution >= 0.6 is 0 Å². The van der Waals surface area contributed by atoms with Crippen LogP contribution in [0.2, 0.25) is 0 Å². The molecule has 0 aliphatic carbocycles. The molecule has 2 rings (SSSR count). The zero-order chi connectivity index (χ0) is 14.2. The van der Waals surface area contributed by atoms with Crippen LogP contribution in [0.15, 0.2) is 0 Å². The van der Waals surface area contributed by atoms with Gasteiger partial charge < -0.3 is 20.1 Å². The number of rotatable bonds is 3. The van der Waals surface area contributed by atoms with E-state index >= 15 is 0 Å². The minimum atomic E-state index is -0.796. The second-order valence-corrected chi connectivity index (χ2v) is 4.72. The lowest BCUT2D eigenvalue weighted by Crippen LogP contribution is -2.37. The third-order valence-electron chi connectivity index (χ3n) is 3.59. The molecule has 0 spiro atoms. The maximum atomic E-state index is 11.0.